The second-order valence-electron chi connectivity index (χ2n) is 8.88. The number of benzene rings is 2. The number of nitrogens with zero attached hydrogens (tertiary/aromatic N) is 3. The van der Waals surface area contributed by atoms with Gasteiger partial charge in [-0.1, -0.05) is 12.0 Å². The van der Waals surface area contributed by atoms with Gasteiger partial charge in [0.15, 0.2) is 11.5 Å². The minimum Gasteiger partial charge on any atom is -0.493 e. The molecule has 2 fully saturated rings. The summed E-state index contributed by atoms with van der Waals surface area (Å²) in [6.07, 6.45) is 9.20. The second-order valence-corrected chi connectivity index (χ2v) is 8.88. The number of methoxy groups -OCH3 is 1. The van der Waals surface area contributed by atoms with Gasteiger partial charge in [0.25, 0.3) is 0 Å². The molecule has 1 aromatic heterocycles. The van der Waals surface area contributed by atoms with Crippen LogP contribution in [0.4, 0.5) is 11.5 Å². The van der Waals surface area contributed by atoms with E-state index in [1.54, 1.807) is 12.1 Å². The van der Waals surface area contributed by atoms with Gasteiger partial charge < -0.3 is 19.7 Å². The predicted molar refractivity (Wildman–Crippen MR) is 126 cm³/mol. The maximum absolute atomic E-state index is 7.60. The molecular formula is C26H28N4O2. The monoisotopic (exact) mass is 431 g/mol. The normalized spacial score (nSPS) is 24.2. The van der Waals surface area contributed by atoms with Gasteiger partial charge in [-0.25, -0.2) is 9.97 Å². The Hall–Kier alpha value is -3.30. The third-order valence-electron chi connectivity index (χ3n) is 6.61. The fraction of sp³-hybridized carbons (Fsp3) is 0.385. The summed E-state index contributed by atoms with van der Waals surface area (Å²) in [6.45, 7) is 2.79. The minimum atomic E-state index is -2.61. The number of terminal acetylenes is 1. The predicted octanol–water partition coefficient (Wildman–Crippen LogP) is 4.33. The zero-order chi connectivity index (χ0) is 24.6. The van der Waals surface area contributed by atoms with E-state index in [1.165, 1.54) is 6.33 Å². The third-order valence-corrected chi connectivity index (χ3v) is 6.61. The molecule has 32 heavy (non-hydrogen) atoms. The number of hydrogen-bond acceptors (Lipinski definition) is 6. The lowest BCUT2D eigenvalue weighted by molar-refractivity contribution is 0.227. The quantitative estimate of drug-likeness (QED) is 0.586. The van der Waals surface area contributed by atoms with Gasteiger partial charge in [-0.05, 0) is 61.9 Å². The van der Waals surface area contributed by atoms with Crippen LogP contribution in [0, 0.1) is 30.1 Å². The zero-order valence-corrected chi connectivity index (χ0v) is 18.0. The van der Waals surface area contributed by atoms with Crippen LogP contribution >= 0.6 is 0 Å². The molecule has 0 spiro atoms. The van der Waals surface area contributed by atoms with Crippen molar-refractivity contribution in [2.75, 3.05) is 39.1 Å². The van der Waals surface area contributed by atoms with Gasteiger partial charge in [-0.3, -0.25) is 0 Å². The largest absolute Gasteiger partial charge is 0.493 e. The van der Waals surface area contributed by atoms with E-state index in [9.17, 15) is 0 Å². The Kier molecular flexibility index (Phi) is 4.69. The first-order valence-corrected chi connectivity index (χ1v) is 10.9. The van der Waals surface area contributed by atoms with Crippen LogP contribution in [0.15, 0.2) is 42.7 Å². The molecule has 2 aliphatic rings. The molecule has 6 heteroatoms. The molecule has 1 aliphatic carbocycles. The molecule has 0 bridgehead atoms. The average Bonchev–Trinajstić information content (AvgIpc) is 3.34. The van der Waals surface area contributed by atoms with Crippen LogP contribution in [0.1, 0.15) is 22.5 Å². The Morgan fingerprint density at radius 1 is 1.19 bits per heavy atom. The van der Waals surface area contributed by atoms with E-state index in [0.29, 0.717) is 46.8 Å². The van der Waals surface area contributed by atoms with Crippen LogP contribution in [0.3, 0.4) is 0 Å². The molecule has 5 rings (SSSR count). The fourth-order valence-electron chi connectivity index (χ4n) is 5.18. The van der Waals surface area contributed by atoms with Crippen molar-refractivity contribution in [2.45, 2.75) is 12.8 Å². The molecule has 0 amide bonds. The third kappa shape index (κ3) is 4.09. The lowest BCUT2D eigenvalue weighted by Crippen LogP contribution is -2.18. The first-order chi connectivity index (χ1) is 16.8. The maximum atomic E-state index is 7.60. The first-order valence-electron chi connectivity index (χ1n) is 12.4. The number of hydrogen-bond donors (Lipinski definition) is 1. The standard InChI is InChI=1S/C26H28N4O2/c1-4-17-6-5-7-21(10-17)29-26-22-11-25(24(31-3)12-23(22)27-16-28-26)32-15-18-8-19-13-30(2)14-20(19)9-18/h1,5-7,10-12,16,18-20H,8-9,13-15H2,2-3H3,(H,27,28,29)/i3D3. The Balaban J connectivity index is 1.43. The molecule has 6 nitrogen and oxygen atoms in total. The topological polar surface area (TPSA) is 59.5 Å². The summed E-state index contributed by atoms with van der Waals surface area (Å²) in [5.41, 5.74) is 2.08. The summed E-state index contributed by atoms with van der Waals surface area (Å²) in [6, 6.07) is 10.8. The molecule has 1 saturated carbocycles. The van der Waals surface area contributed by atoms with Gasteiger partial charge in [-0.2, -0.15) is 0 Å². The van der Waals surface area contributed by atoms with Crippen LogP contribution < -0.4 is 14.8 Å². The van der Waals surface area contributed by atoms with Crippen molar-refractivity contribution in [3.8, 4) is 23.8 Å². The molecule has 2 unspecified atom stereocenters. The molecule has 2 aromatic carbocycles. The zero-order valence-electron chi connectivity index (χ0n) is 21.0. The van der Waals surface area contributed by atoms with Crippen molar-refractivity contribution >= 4 is 22.4 Å². The van der Waals surface area contributed by atoms with Crippen molar-refractivity contribution in [1.82, 2.24) is 14.9 Å². The number of aromatic nitrogens is 2. The number of likely N-dealkylation sites (tertiary alicyclic amines) is 1. The maximum Gasteiger partial charge on any atom is 0.162 e. The Bertz CT molecular complexity index is 1260. The fourth-order valence-corrected chi connectivity index (χ4v) is 5.18. The molecule has 1 aliphatic heterocycles. The van der Waals surface area contributed by atoms with Gasteiger partial charge in [0.2, 0.25) is 0 Å². The van der Waals surface area contributed by atoms with Crippen LogP contribution in [-0.4, -0.2) is 48.6 Å². The van der Waals surface area contributed by atoms with E-state index >= 15 is 0 Å². The van der Waals surface area contributed by atoms with Crippen LogP contribution in [0.5, 0.6) is 11.5 Å². The molecule has 164 valence electrons. The molecule has 2 atom stereocenters. The van der Waals surface area contributed by atoms with Crippen molar-refractivity contribution in [2.24, 2.45) is 17.8 Å². The minimum absolute atomic E-state index is 0.148. The highest BCUT2D eigenvalue weighted by Crippen LogP contribution is 2.42. The Morgan fingerprint density at radius 3 is 2.81 bits per heavy atom. The molecule has 2 heterocycles. The Labute approximate surface area is 193 Å². The summed E-state index contributed by atoms with van der Waals surface area (Å²) in [5, 5.41) is 3.98. The molecule has 1 saturated heterocycles. The average molecular weight is 432 g/mol. The van der Waals surface area contributed by atoms with Gasteiger partial charge in [0.1, 0.15) is 12.1 Å². The number of anilines is 2. The van der Waals surface area contributed by atoms with E-state index in [1.807, 2.05) is 24.3 Å². The van der Waals surface area contributed by atoms with Crippen molar-refractivity contribution in [1.29, 1.82) is 0 Å². The second kappa shape index (κ2) is 8.68. The highest BCUT2D eigenvalue weighted by molar-refractivity contribution is 5.93. The number of rotatable bonds is 6. The first kappa shape index (κ1) is 17.3. The van der Waals surface area contributed by atoms with E-state index in [2.05, 4.69) is 33.2 Å². The summed E-state index contributed by atoms with van der Waals surface area (Å²) in [4.78, 5) is 11.1. The van der Waals surface area contributed by atoms with Gasteiger partial charge >= 0.3 is 0 Å². The van der Waals surface area contributed by atoms with Crippen molar-refractivity contribution in [3.05, 3.63) is 48.3 Å². The SMILES string of the molecule is [2H]C([2H])([2H])Oc1cc2ncnc(Nc3cccc(C#C)c3)c2cc1OCC1CC2CN(C)CC2C1. The van der Waals surface area contributed by atoms with Crippen molar-refractivity contribution in [3.63, 3.8) is 0 Å². The summed E-state index contributed by atoms with van der Waals surface area (Å²) in [5.74, 6) is 5.57. The summed E-state index contributed by atoms with van der Waals surface area (Å²) >= 11 is 0. The molecule has 3 aromatic rings. The lowest BCUT2D eigenvalue weighted by Gasteiger charge is -2.17. The molecular weight excluding hydrogens is 400 g/mol. The number of fused-ring (bicyclic) bond motifs is 2. The highest BCUT2D eigenvalue weighted by atomic mass is 16.5. The number of ether oxygens (including phenoxy) is 2. The lowest BCUT2D eigenvalue weighted by atomic mass is 10.0. The smallest absolute Gasteiger partial charge is 0.162 e. The molecule has 0 radical (unpaired) electrons. The van der Waals surface area contributed by atoms with E-state index < -0.39 is 7.04 Å². The van der Waals surface area contributed by atoms with E-state index in [0.717, 1.165) is 37.2 Å². The van der Waals surface area contributed by atoms with E-state index in [4.69, 9.17) is 20.0 Å². The van der Waals surface area contributed by atoms with E-state index in [-0.39, 0.29) is 5.75 Å². The van der Waals surface area contributed by atoms with Gasteiger partial charge in [0.05, 0.1) is 23.3 Å². The highest BCUT2D eigenvalue weighted by Gasteiger charge is 2.39. The van der Waals surface area contributed by atoms with Crippen LogP contribution in [-0.2, 0) is 0 Å². The van der Waals surface area contributed by atoms with Crippen LogP contribution in [0.25, 0.3) is 10.9 Å². The molecule has 1 N–H and O–H groups in total. The summed E-state index contributed by atoms with van der Waals surface area (Å²) in [7, 11) is -0.432. The van der Waals surface area contributed by atoms with Gasteiger partial charge in [0, 0.05) is 35.8 Å². The van der Waals surface area contributed by atoms with Gasteiger partial charge in [-0.15, -0.1) is 6.42 Å². The van der Waals surface area contributed by atoms with Crippen molar-refractivity contribution < 1.29 is 13.6 Å². The number of nitrogens with one attached hydrogen (secondary N) is 1. The Morgan fingerprint density at radius 2 is 2.03 bits per heavy atom. The van der Waals surface area contributed by atoms with Crippen LogP contribution in [0.2, 0.25) is 0 Å². The summed E-state index contributed by atoms with van der Waals surface area (Å²) < 4.78 is 34.3.